The summed E-state index contributed by atoms with van der Waals surface area (Å²) in [5.41, 5.74) is 1.91. The molecule has 0 saturated carbocycles. The number of benzene rings is 2. The third-order valence-corrected chi connectivity index (χ3v) is 4.12. The number of carbonyl (C=O) groups is 1. The molecule has 1 aliphatic rings. The fourth-order valence-electron chi connectivity index (χ4n) is 2.39. The van der Waals surface area contributed by atoms with Crippen LogP contribution >= 0.6 is 15.9 Å². The molecule has 0 radical (unpaired) electrons. The number of ether oxygens (including phenoxy) is 2. The van der Waals surface area contributed by atoms with Gasteiger partial charge in [-0.25, -0.2) is 0 Å². The molecule has 1 amide bonds. The maximum atomic E-state index is 11.9. The Morgan fingerprint density at radius 1 is 1.04 bits per heavy atom. The summed E-state index contributed by atoms with van der Waals surface area (Å²) in [4.78, 5) is 11.9. The van der Waals surface area contributed by atoms with E-state index in [4.69, 9.17) is 9.47 Å². The first kappa shape index (κ1) is 16.8. The van der Waals surface area contributed by atoms with Crippen LogP contribution in [-0.2, 0) is 11.3 Å². The molecule has 6 heteroatoms. The van der Waals surface area contributed by atoms with Crippen LogP contribution in [0, 0.1) is 0 Å². The fraction of sp³-hybridized carbons (Fsp3) is 0.278. The van der Waals surface area contributed by atoms with Gasteiger partial charge in [0.15, 0.2) is 11.5 Å². The van der Waals surface area contributed by atoms with Crippen LogP contribution in [0.15, 0.2) is 46.9 Å². The van der Waals surface area contributed by atoms with Crippen LogP contribution < -0.4 is 20.1 Å². The van der Waals surface area contributed by atoms with E-state index < -0.39 is 0 Å². The van der Waals surface area contributed by atoms with Crippen LogP contribution in [0.1, 0.15) is 12.0 Å². The van der Waals surface area contributed by atoms with Crippen LogP contribution in [0.4, 0.5) is 5.69 Å². The average molecular weight is 391 g/mol. The highest BCUT2D eigenvalue weighted by atomic mass is 79.9. The summed E-state index contributed by atoms with van der Waals surface area (Å²) in [6, 6.07) is 13.4. The molecule has 0 aliphatic carbocycles. The van der Waals surface area contributed by atoms with Gasteiger partial charge in [0.2, 0.25) is 5.91 Å². The number of rotatable bonds is 6. The first-order chi connectivity index (χ1) is 11.7. The predicted molar refractivity (Wildman–Crippen MR) is 96.5 cm³/mol. The van der Waals surface area contributed by atoms with Gasteiger partial charge in [-0.2, -0.15) is 0 Å². The lowest BCUT2D eigenvalue weighted by Crippen LogP contribution is -2.21. The largest absolute Gasteiger partial charge is 0.486 e. The zero-order valence-electron chi connectivity index (χ0n) is 13.2. The maximum absolute atomic E-state index is 11.9. The molecule has 3 rings (SSSR count). The van der Waals surface area contributed by atoms with Crippen molar-refractivity contribution in [3.8, 4) is 11.5 Å². The molecular formula is C18H19BrN2O3. The molecule has 1 heterocycles. The lowest BCUT2D eigenvalue weighted by Gasteiger charge is -2.19. The van der Waals surface area contributed by atoms with Gasteiger partial charge in [-0.1, -0.05) is 22.0 Å². The van der Waals surface area contributed by atoms with E-state index in [2.05, 4.69) is 26.6 Å². The fourth-order valence-corrected chi connectivity index (χ4v) is 2.65. The SMILES string of the molecule is O=C(CCNCc1ccc2c(c1)OCCO2)Nc1ccc(Br)cc1. The van der Waals surface area contributed by atoms with Crippen LogP contribution in [0.3, 0.4) is 0 Å². The molecule has 2 aromatic carbocycles. The number of carbonyl (C=O) groups excluding carboxylic acids is 1. The van der Waals surface area contributed by atoms with Crippen molar-refractivity contribution in [3.05, 3.63) is 52.5 Å². The van der Waals surface area contributed by atoms with E-state index in [1.54, 1.807) is 0 Å². The summed E-state index contributed by atoms with van der Waals surface area (Å²) in [6.45, 7) is 2.47. The first-order valence-electron chi connectivity index (χ1n) is 7.85. The smallest absolute Gasteiger partial charge is 0.225 e. The summed E-state index contributed by atoms with van der Waals surface area (Å²) in [5.74, 6) is 1.57. The molecule has 0 bridgehead atoms. The van der Waals surface area contributed by atoms with Crippen molar-refractivity contribution in [2.45, 2.75) is 13.0 Å². The Bertz CT molecular complexity index is 704. The second-order valence-corrected chi connectivity index (χ2v) is 6.38. The molecule has 126 valence electrons. The molecule has 24 heavy (non-hydrogen) atoms. The minimum Gasteiger partial charge on any atom is -0.486 e. The van der Waals surface area contributed by atoms with Gasteiger partial charge >= 0.3 is 0 Å². The Labute approximate surface area is 149 Å². The summed E-state index contributed by atoms with van der Waals surface area (Å²) < 4.78 is 12.0. The standard InChI is InChI=1S/C18H19BrN2O3/c19-14-2-4-15(5-3-14)21-18(22)7-8-20-12-13-1-6-16-17(11-13)24-10-9-23-16/h1-6,11,20H,7-10,12H2,(H,21,22). The van der Waals surface area contributed by atoms with Crippen molar-refractivity contribution in [1.29, 1.82) is 0 Å². The molecular weight excluding hydrogens is 372 g/mol. The van der Waals surface area contributed by atoms with Crippen molar-refractivity contribution in [2.75, 3.05) is 25.1 Å². The molecule has 0 aromatic heterocycles. The van der Waals surface area contributed by atoms with Gasteiger partial charge in [-0.3, -0.25) is 4.79 Å². The summed E-state index contributed by atoms with van der Waals surface area (Å²) in [5, 5.41) is 6.14. The van der Waals surface area contributed by atoms with Crippen LogP contribution in [0.25, 0.3) is 0 Å². The number of hydrogen-bond donors (Lipinski definition) is 2. The summed E-state index contributed by atoms with van der Waals surface area (Å²) in [6.07, 6.45) is 0.417. The summed E-state index contributed by atoms with van der Waals surface area (Å²) in [7, 11) is 0. The van der Waals surface area contributed by atoms with E-state index in [0.717, 1.165) is 27.2 Å². The van der Waals surface area contributed by atoms with Crippen molar-refractivity contribution in [3.63, 3.8) is 0 Å². The molecule has 0 atom stereocenters. The monoisotopic (exact) mass is 390 g/mol. The molecule has 0 saturated heterocycles. The summed E-state index contributed by atoms with van der Waals surface area (Å²) >= 11 is 3.37. The minimum atomic E-state index is -0.00741. The Balaban J connectivity index is 1.40. The van der Waals surface area contributed by atoms with Gasteiger partial charge in [0.05, 0.1) is 0 Å². The normalized spacial score (nSPS) is 12.7. The lowest BCUT2D eigenvalue weighted by atomic mass is 10.2. The van der Waals surface area contributed by atoms with Gasteiger partial charge in [-0.15, -0.1) is 0 Å². The number of nitrogens with one attached hydrogen (secondary N) is 2. The molecule has 0 fully saturated rings. The van der Waals surface area contributed by atoms with E-state index in [1.165, 1.54) is 0 Å². The first-order valence-corrected chi connectivity index (χ1v) is 8.65. The van der Waals surface area contributed by atoms with Crippen molar-refractivity contribution < 1.29 is 14.3 Å². The van der Waals surface area contributed by atoms with Crippen LogP contribution in [0.5, 0.6) is 11.5 Å². The van der Waals surface area contributed by atoms with Gasteiger partial charge < -0.3 is 20.1 Å². The molecule has 0 spiro atoms. The van der Waals surface area contributed by atoms with E-state index in [9.17, 15) is 4.79 Å². The van der Waals surface area contributed by atoms with Crippen molar-refractivity contribution in [2.24, 2.45) is 0 Å². The van der Waals surface area contributed by atoms with Crippen LogP contribution in [-0.4, -0.2) is 25.7 Å². The second-order valence-electron chi connectivity index (χ2n) is 5.46. The molecule has 2 aromatic rings. The van der Waals surface area contributed by atoms with E-state index in [0.29, 0.717) is 32.7 Å². The topological polar surface area (TPSA) is 59.6 Å². The van der Waals surface area contributed by atoms with Crippen molar-refractivity contribution in [1.82, 2.24) is 5.32 Å². The Hall–Kier alpha value is -2.05. The lowest BCUT2D eigenvalue weighted by molar-refractivity contribution is -0.116. The van der Waals surface area contributed by atoms with E-state index in [1.807, 2.05) is 42.5 Å². The number of halogens is 1. The number of amides is 1. The van der Waals surface area contributed by atoms with Gasteiger partial charge in [0, 0.05) is 29.7 Å². The highest BCUT2D eigenvalue weighted by Gasteiger charge is 2.11. The predicted octanol–water partition coefficient (Wildman–Crippen LogP) is 3.34. The zero-order chi connectivity index (χ0) is 16.8. The molecule has 0 unspecified atom stereocenters. The molecule has 2 N–H and O–H groups in total. The highest BCUT2D eigenvalue weighted by Crippen LogP contribution is 2.30. The Kier molecular flexibility index (Phi) is 5.72. The zero-order valence-corrected chi connectivity index (χ0v) is 14.8. The van der Waals surface area contributed by atoms with Crippen LogP contribution in [0.2, 0.25) is 0 Å². The second kappa shape index (κ2) is 8.17. The van der Waals surface area contributed by atoms with Crippen molar-refractivity contribution >= 4 is 27.5 Å². The average Bonchev–Trinajstić information content (AvgIpc) is 2.60. The van der Waals surface area contributed by atoms with E-state index >= 15 is 0 Å². The number of fused-ring (bicyclic) bond motifs is 1. The van der Waals surface area contributed by atoms with E-state index in [-0.39, 0.29) is 5.91 Å². The molecule has 1 aliphatic heterocycles. The number of anilines is 1. The molecule has 5 nitrogen and oxygen atoms in total. The quantitative estimate of drug-likeness (QED) is 0.742. The van der Waals surface area contributed by atoms with Gasteiger partial charge in [0.1, 0.15) is 13.2 Å². The highest BCUT2D eigenvalue weighted by molar-refractivity contribution is 9.10. The van der Waals surface area contributed by atoms with Gasteiger partial charge in [0.25, 0.3) is 0 Å². The Morgan fingerprint density at radius 2 is 1.79 bits per heavy atom. The Morgan fingerprint density at radius 3 is 2.58 bits per heavy atom. The number of hydrogen-bond acceptors (Lipinski definition) is 4. The maximum Gasteiger partial charge on any atom is 0.225 e. The minimum absolute atomic E-state index is 0.00741. The van der Waals surface area contributed by atoms with Gasteiger partial charge in [-0.05, 0) is 42.0 Å². The third-order valence-electron chi connectivity index (χ3n) is 3.59. The third kappa shape index (κ3) is 4.72.